The molecule has 0 saturated carbocycles. The van der Waals surface area contributed by atoms with Gasteiger partial charge in [0.15, 0.2) is 11.0 Å². The molecule has 2 aromatic rings. The first kappa shape index (κ1) is 14.8. The fourth-order valence-corrected chi connectivity index (χ4v) is 2.71. The Morgan fingerprint density at radius 3 is 2.95 bits per heavy atom. The SMILES string of the molecule is Cn1cc(NC(=O)[C@H]2CCCN(c3ccc(Cl)nn3)C2)cn1. The highest BCUT2D eigenvalue weighted by atomic mass is 35.5. The van der Waals surface area contributed by atoms with Gasteiger partial charge in [0.2, 0.25) is 5.91 Å². The molecule has 1 aliphatic heterocycles. The highest BCUT2D eigenvalue weighted by molar-refractivity contribution is 6.29. The van der Waals surface area contributed by atoms with Crippen molar-refractivity contribution in [1.29, 1.82) is 0 Å². The van der Waals surface area contributed by atoms with E-state index in [1.165, 1.54) is 0 Å². The van der Waals surface area contributed by atoms with Crippen molar-refractivity contribution in [2.45, 2.75) is 12.8 Å². The molecule has 0 bridgehead atoms. The summed E-state index contributed by atoms with van der Waals surface area (Å²) in [6.45, 7) is 1.50. The fourth-order valence-electron chi connectivity index (χ4n) is 2.61. The monoisotopic (exact) mass is 320 g/mol. The number of hydrogen-bond acceptors (Lipinski definition) is 5. The highest BCUT2D eigenvalue weighted by Crippen LogP contribution is 2.23. The number of amides is 1. The Labute approximate surface area is 133 Å². The Kier molecular flexibility index (Phi) is 4.24. The van der Waals surface area contributed by atoms with Gasteiger partial charge in [-0.25, -0.2) is 0 Å². The summed E-state index contributed by atoms with van der Waals surface area (Å²) >= 11 is 5.76. The van der Waals surface area contributed by atoms with E-state index in [-0.39, 0.29) is 11.8 Å². The van der Waals surface area contributed by atoms with Gasteiger partial charge in [0.25, 0.3) is 0 Å². The molecule has 1 saturated heterocycles. The third-order valence-corrected chi connectivity index (χ3v) is 3.91. The number of rotatable bonds is 3. The van der Waals surface area contributed by atoms with E-state index in [4.69, 9.17) is 11.6 Å². The molecule has 1 fully saturated rings. The molecule has 1 amide bonds. The van der Waals surface area contributed by atoms with Crippen molar-refractivity contribution in [3.63, 3.8) is 0 Å². The Balaban J connectivity index is 1.64. The largest absolute Gasteiger partial charge is 0.354 e. The van der Waals surface area contributed by atoms with Crippen LogP contribution in [0.1, 0.15) is 12.8 Å². The van der Waals surface area contributed by atoms with Crippen molar-refractivity contribution >= 4 is 29.0 Å². The number of nitrogens with zero attached hydrogens (tertiary/aromatic N) is 5. The first-order valence-electron chi connectivity index (χ1n) is 7.15. The number of halogens is 1. The third-order valence-electron chi connectivity index (χ3n) is 3.71. The first-order valence-corrected chi connectivity index (χ1v) is 7.53. The minimum atomic E-state index is -0.0774. The smallest absolute Gasteiger partial charge is 0.229 e. The van der Waals surface area contributed by atoms with Gasteiger partial charge in [-0.05, 0) is 25.0 Å². The molecular formula is C14H17ClN6O. The lowest BCUT2D eigenvalue weighted by Gasteiger charge is -2.32. The van der Waals surface area contributed by atoms with Crippen molar-refractivity contribution in [3.05, 3.63) is 29.7 Å². The zero-order chi connectivity index (χ0) is 15.5. The van der Waals surface area contributed by atoms with Crippen LogP contribution in [0.25, 0.3) is 0 Å². The van der Waals surface area contributed by atoms with E-state index < -0.39 is 0 Å². The van der Waals surface area contributed by atoms with E-state index in [1.54, 1.807) is 23.1 Å². The lowest BCUT2D eigenvalue weighted by molar-refractivity contribution is -0.120. The number of aryl methyl sites for hydroxylation is 1. The van der Waals surface area contributed by atoms with Crippen LogP contribution >= 0.6 is 11.6 Å². The molecule has 0 spiro atoms. The van der Waals surface area contributed by atoms with E-state index >= 15 is 0 Å². The first-order chi connectivity index (χ1) is 10.6. The maximum Gasteiger partial charge on any atom is 0.229 e. The zero-order valence-electron chi connectivity index (χ0n) is 12.2. The number of aromatic nitrogens is 4. The van der Waals surface area contributed by atoms with Crippen LogP contribution in [0.2, 0.25) is 5.15 Å². The van der Waals surface area contributed by atoms with E-state index in [1.807, 2.05) is 13.1 Å². The lowest BCUT2D eigenvalue weighted by atomic mass is 9.97. The van der Waals surface area contributed by atoms with E-state index in [0.717, 1.165) is 30.9 Å². The highest BCUT2D eigenvalue weighted by Gasteiger charge is 2.27. The Bertz CT molecular complexity index is 656. The normalized spacial score (nSPS) is 18.3. The topological polar surface area (TPSA) is 75.9 Å². The molecular weight excluding hydrogens is 304 g/mol. The number of carbonyl (C=O) groups is 1. The van der Waals surface area contributed by atoms with Gasteiger partial charge in [-0.2, -0.15) is 5.10 Å². The van der Waals surface area contributed by atoms with Gasteiger partial charge in [-0.3, -0.25) is 9.48 Å². The van der Waals surface area contributed by atoms with E-state index in [9.17, 15) is 4.79 Å². The summed E-state index contributed by atoms with van der Waals surface area (Å²) in [7, 11) is 1.82. The summed E-state index contributed by atoms with van der Waals surface area (Å²) in [5, 5.41) is 15.3. The fraction of sp³-hybridized carbons (Fsp3) is 0.429. The molecule has 3 rings (SSSR count). The Morgan fingerprint density at radius 1 is 1.41 bits per heavy atom. The van der Waals surface area contributed by atoms with Crippen LogP contribution in [-0.4, -0.2) is 39.0 Å². The summed E-state index contributed by atoms with van der Waals surface area (Å²) in [6.07, 6.45) is 5.23. The lowest BCUT2D eigenvalue weighted by Crippen LogP contribution is -2.41. The van der Waals surface area contributed by atoms with Crippen molar-refractivity contribution in [1.82, 2.24) is 20.0 Å². The summed E-state index contributed by atoms with van der Waals surface area (Å²) in [4.78, 5) is 14.4. The summed E-state index contributed by atoms with van der Waals surface area (Å²) in [5.74, 6) is 0.689. The number of hydrogen-bond donors (Lipinski definition) is 1. The standard InChI is InChI=1S/C14H17ClN6O/c1-20-9-11(7-16-20)17-14(22)10-3-2-6-21(8-10)13-5-4-12(15)18-19-13/h4-5,7,9-10H,2-3,6,8H2,1H3,(H,17,22)/t10-/m0/s1. The zero-order valence-corrected chi connectivity index (χ0v) is 13.0. The van der Waals surface area contributed by atoms with Gasteiger partial charge in [0.05, 0.1) is 17.8 Å². The predicted octanol–water partition coefficient (Wildman–Crippen LogP) is 1.72. The van der Waals surface area contributed by atoms with Crippen LogP contribution in [0.3, 0.4) is 0 Å². The average Bonchev–Trinajstić information content (AvgIpc) is 2.93. The maximum atomic E-state index is 12.4. The molecule has 1 N–H and O–H groups in total. The van der Waals surface area contributed by atoms with Gasteiger partial charge < -0.3 is 10.2 Å². The number of nitrogens with one attached hydrogen (secondary N) is 1. The number of piperidine rings is 1. The molecule has 116 valence electrons. The molecule has 7 nitrogen and oxygen atoms in total. The van der Waals surface area contributed by atoms with Crippen molar-refractivity contribution in [3.8, 4) is 0 Å². The molecule has 0 unspecified atom stereocenters. The maximum absolute atomic E-state index is 12.4. The Morgan fingerprint density at radius 2 is 2.27 bits per heavy atom. The molecule has 2 aromatic heterocycles. The second-order valence-corrected chi connectivity index (χ2v) is 5.78. The molecule has 3 heterocycles. The van der Waals surface area contributed by atoms with Crippen molar-refractivity contribution < 1.29 is 4.79 Å². The van der Waals surface area contributed by atoms with Crippen LogP contribution in [0.15, 0.2) is 24.5 Å². The quantitative estimate of drug-likeness (QED) is 0.932. The molecule has 0 radical (unpaired) electrons. The minimum Gasteiger partial charge on any atom is -0.354 e. The minimum absolute atomic E-state index is 0.0135. The van der Waals surface area contributed by atoms with Gasteiger partial charge in [0, 0.05) is 26.3 Å². The van der Waals surface area contributed by atoms with Crippen LogP contribution in [0.5, 0.6) is 0 Å². The number of anilines is 2. The van der Waals surface area contributed by atoms with Crippen LogP contribution in [0.4, 0.5) is 11.5 Å². The second kappa shape index (κ2) is 6.31. The van der Waals surface area contributed by atoms with Crippen LogP contribution in [-0.2, 0) is 11.8 Å². The predicted molar refractivity (Wildman–Crippen MR) is 83.8 cm³/mol. The van der Waals surface area contributed by atoms with E-state index in [2.05, 4.69) is 25.5 Å². The third kappa shape index (κ3) is 3.36. The van der Waals surface area contributed by atoms with Crippen LogP contribution in [0, 0.1) is 5.92 Å². The van der Waals surface area contributed by atoms with E-state index in [0.29, 0.717) is 11.7 Å². The van der Waals surface area contributed by atoms with Crippen molar-refractivity contribution in [2.24, 2.45) is 13.0 Å². The molecule has 8 heteroatoms. The van der Waals surface area contributed by atoms with Gasteiger partial charge in [0.1, 0.15) is 0 Å². The van der Waals surface area contributed by atoms with Crippen molar-refractivity contribution in [2.75, 3.05) is 23.3 Å². The molecule has 1 aliphatic rings. The molecule has 0 aromatic carbocycles. The molecule has 22 heavy (non-hydrogen) atoms. The summed E-state index contributed by atoms with van der Waals surface area (Å²) in [5.41, 5.74) is 0.718. The molecule has 1 atom stereocenters. The number of carbonyl (C=O) groups excluding carboxylic acids is 1. The van der Waals surface area contributed by atoms with Gasteiger partial charge in [-0.15, -0.1) is 10.2 Å². The van der Waals surface area contributed by atoms with Gasteiger partial charge >= 0.3 is 0 Å². The Hall–Kier alpha value is -2.15. The average molecular weight is 321 g/mol. The summed E-state index contributed by atoms with van der Waals surface area (Å²) in [6, 6.07) is 3.54. The van der Waals surface area contributed by atoms with Crippen LogP contribution < -0.4 is 10.2 Å². The van der Waals surface area contributed by atoms with Gasteiger partial charge in [-0.1, -0.05) is 11.6 Å². The molecule has 0 aliphatic carbocycles. The second-order valence-electron chi connectivity index (χ2n) is 5.39. The summed E-state index contributed by atoms with van der Waals surface area (Å²) < 4.78 is 1.66.